The topological polar surface area (TPSA) is 90.5 Å². The highest BCUT2D eigenvalue weighted by Gasteiger charge is 2.51. The van der Waals surface area contributed by atoms with Crippen LogP contribution in [0.25, 0.3) is 21.9 Å². The lowest BCUT2D eigenvalue weighted by Gasteiger charge is -2.32. The lowest BCUT2D eigenvalue weighted by molar-refractivity contribution is 0.00578. The standard InChI is InChI=1S/C35H46BN3O6/c1-21(19-41-9)17-39(32(40)43-33(2,3)4)18-30-37-28-13-10-22-15-27-25-12-11-24(36-44-34(5,6)35(7,8)45-36)14-23(25)20-42-29(27)16-26(22)31(28)38-30/h10-16,21,30,37-38H,17-20H2,1-9H3/t21-,30?/m0/s1. The number of benzene rings is 3. The molecule has 1 fully saturated rings. The van der Waals surface area contributed by atoms with Gasteiger partial charge in [0.2, 0.25) is 0 Å². The molecule has 3 aliphatic heterocycles. The van der Waals surface area contributed by atoms with E-state index in [9.17, 15) is 4.79 Å². The van der Waals surface area contributed by atoms with Crippen molar-refractivity contribution in [1.29, 1.82) is 0 Å². The fourth-order valence-electron chi connectivity index (χ4n) is 6.21. The maximum Gasteiger partial charge on any atom is 0.494 e. The first-order chi connectivity index (χ1) is 21.1. The van der Waals surface area contributed by atoms with Gasteiger partial charge in [0.25, 0.3) is 0 Å². The predicted octanol–water partition coefficient (Wildman–Crippen LogP) is 6.38. The molecule has 2 atom stereocenters. The van der Waals surface area contributed by atoms with Crippen LogP contribution in [0.2, 0.25) is 0 Å². The van der Waals surface area contributed by atoms with E-state index in [0.717, 1.165) is 50.0 Å². The fourth-order valence-corrected chi connectivity index (χ4v) is 6.21. The van der Waals surface area contributed by atoms with Gasteiger partial charge in [0, 0.05) is 24.6 Å². The molecule has 240 valence electrons. The van der Waals surface area contributed by atoms with Gasteiger partial charge in [-0.1, -0.05) is 31.2 Å². The summed E-state index contributed by atoms with van der Waals surface area (Å²) in [6.07, 6.45) is -0.517. The molecule has 3 heterocycles. The summed E-state index contributed by atoms with van der Waals surface area (Å²) < 4.78 is 30.0. The number of hydrogen-bond donors (Lipinski definition) is 2. The Kier molecular flexibility index (Phi) is 7.99. The van der Waals surface area contributed by atoms with Crippen LogP contribution in [0.4, 0.5) is 16.2 Å². The van der Waals surface area contributed by atoms with Crippen LogP contribution in [0.3, 0.4) is 0 Å². The molecule has 2 N–H and O–H groups in total. The lowest BCUT2D eigenvalue weighted by Crippen LogP contribution is -2.46. The number of carbonyl (C=O) groups excluding carboxylic acids is 1. The Morgan fingerprint density at radius 1 is 1.04 bits per heavy atom. The van der Waals surface area contributed by atoms with Crippen molar-refractivity contribution in [1.82, 2.24) is 4.90 Å². The van der Waals surface area contributed by atoms with Gasteiger partial charge in [0.1, 0.15) is 24.1 Å². The molecule has 6 rings (SSSR count). The summed E-state index contributed by atoms with van der Waals surface area (Å²) >= 11 is 0. The van der Waals surface area contributed by atoms with E-state index in [-0.39, 0.29) is 18.2 Å². The van der Waals surface area contributed by atoms with Gasteiger partial charge >= 0.3 is 13.2 Å². The van der Waals surface area contributed by atoms with E-state index in [1.807, 2.05) is 20.8 Å². The molecule has 3 aromatic carbocycles. The molecular weight excluding hydrogens is 569 g/mol. The first-order valence-corrected chi connectivity index (χ1v) is 15.9. The number of nitrogens with one attached hydrogen (secondary N) is 2. The van der Waals surface area contributed by atoms with Gasteiger partial charge in [-0.15, -0.1) is 0 Å². The number of fused-ring (bicyclic) bond motifs is 6. The number of ether oxygens (including phenoxy) is 3. The summed E-state index contributed by atoms with van der Waals surface area (Å²) in [6.45, 7) is 18.0. The van der Waals surface area contributed by atoms with Crippen molar-refractivity contribution in [2.24, 2.45) is 5.92 Å². The molecule has 0 aromatic heterocycles. The minimum Gasteiger partial charge on any atom is -0.488 e. The minimum absolute atomic E-state index is 0.159. The van der Waals surface area contributed by atoms with Gasteiger partial charge in [-0.25, -0.2) is 4.79 Å². The van der Waals surface area contributed by atoms with Crippen molar-refractivity contribution in [2.45, 2.75) is 85.0 Å². The van der Waals surface area contributed by atoms with E-state index in [4.69, 9.17) is 23.5 Å². The highest BCUT2D eigenvalue weighted by atomic mass is 16.7. The van der Waals surface area contributed by atoms with Crippen LogP contribution in [0, 0.1) is 5.92 Å². The van der Waals surface area contributed by atoms with Crippen molar-refractivity contribution >= 4 is 40.8 Å². The Morgan fingerprint density at radius 2 is 1.78 bits per heavy atom. The number of rotatable bonds is 7. The molecule has 10 heteroatoms. The molecular formula is C35H46BN3O6. The molecule has 45 heavy (non-hydrogen) atoms. The van der Waals surface area contributed by atoms with Crippen LogP contribution in [-0.4, -0.2) is 67.9 Å². The molecule has 9 nitrogen and oxygen atoms in total. The summed E-state index contributed by atoms with van der Waals surface area (Å²) in [7, 11) is 1.26. The SMILES string of the molecule is COC[C@@H](C)CN(CC1Nc2ccc3cc4c(cc3c2N1)OCc1cc(B2OC(C)(C)C(C)(C)O2)ccc1-4)C(=O)OC(C)(C)C. The van der Waals surface area contributed by atoms with E-state index in [2.05, 4.69) is 87.7 Å². The summed E-state index contributed by atoms with van der Waals surface area (Å²) in [5.41, 5.74) is 4.94. The van der Waals surface area contributed by atoms with E-state index in [1.54, 1.807) is 12.0 Å². The van der Waals surface area contributed by atoms with E-state index >= 15 is 0 Å². The van der Waals surface area contributed by atoms with E-state index in [1.165, 1.54) is 0 Å². The van der Waals surface area contributed by atoms with Crippen molar-refractivity contribution in [3.8, 4) is 16.9 Å². The third kappa shape index (κ3) is 6.20. The van der Waals surface area contributed by atoms with E-state index < -0.39 is 23.9 Å². The number of methoxy groups -OCH3 is 1. The summed E-state index contributed by atoms with van der Waals surface area (Å²) in [5.74, 6) is 1.01. The average molecular weight is 616 g/mol. The zero-order chi connectivity index (χ0) is 32.3. The molecule has 1 saturated heterocycles. The molecule has 0 radical (unpaired) electrons. The van der Waals surface area contributed by atoms with Crippen LogP contribution < -0.4 is 20.8 Å². The Balaban J connectivity index is 1.23. The van der Waals surface area contributed by atoms with Crippen molar-refractivity contribution < 1.29 is 28.3 Å². The second kappa shape index (κ2) is 11.4. The van der Waals surface area contributed by atoms with Crippen molar-refractivity contribution in [3.63, 3.8) is 0 Å². The van der Waals surface area contributed by atoms with E-state index in [0.29, 0.717) is 26.3 Å². The largest absolute Gasteiger partial charge is 0.494 e. The first-order valence-electron chi connectivity index (χ1n) is 15.9. The molecule has 3 aromatic rings. The Morgan fingerprint density at radius 3 is 2.47 bits per heavy atom. The van der Waals surface area contributed by atoms with Gasteiger partial charge in [-0.05, 0) is 94.6 Å². The predicted molar refractivity (Wildman–Crippen MR) is 179 cm³/mol. The van der Waals surface area contributed by atoms with Crippen molar-refractivity contribution in [3.05, 3.63) is 48.0 Å². The van der Waals surface area contributed by atoms with Crippen LogP contribution in [0.1, 0.15) is 61.0 Å². The average Bonchev–Trinajstić information content (AvgIpc) is 3.46. The van der Waals surface area contributed by atoms with Crippen LogP contribution in [-0.2, 0) is 25.4 Å². The monoisotopic (exact) mass is 615 g/mol. The number of hydrogen-bond acceptors (Lipinski definition) is 8. The Hall–Kier alpha value is -3.47. The molecule has 3 aliphatic rings. The van der Waals surface area contributed by atoms with Crippen LogP contribution in [0.15, 0.2) is 42.5 Å². The Labute approximate surface area is 267 Å². The summed E-state index contributed by atoms with van der Waals surface area (Å²) in [4.78, 5) is 14.9. The third-order valence-electron chi connectivity index (χ3n) is 9.13. The molecule has 0 aliphatic carbocycles. The van der Waals surface area contributed by atoms with Gasteiger partial charge in [-0.3, -0.25) is 0 Å². The maximum absolute atomic E-state index is 13.2. The van der Waals surface area contributed by atoms with Gasteiger partial charge in [0.15, 0.2) is 0 Å². The van der Waals surface area contributed by atoms with Gasteiger partial charge in [-0.2, -0.15) is 0 Å². The van der Waals surface area contributed by atoms with Crippen LogP contribution in [0.5, 0.6) is 5.75 Å². The number of nitrogens with zero attached hydrogens (tertiary/aromatic N) is 1. The highest BCUT2D eigenvalue weighted by molar-refractivity contribution is 6.62. The smallest absolute Gasteiger partial charge is 0.488 e. The van der Waals surface area contributed by atoms with Crippen LogP contribution >= 0.6 is 0 Å². The summed E-state index contributed by atoms with van der Waals surface area (Å²) in [5, 5.41) is 9.37. The summed E-state index contributed by atoms with van der Waals surface area (Å²) in [6, 6.07) is 14.9. The lowest BCUT2D eigenvalue weighted by atomic mass is 9.77. The maximum atomic E-state index is 13.2. The van der Waals surface area contributed by atoms with Gasteiger partial charge < -0.3 is 39.1 Å². The molecule has 1 unspecified atom stereocenters. The van der Waals surface area contributed by atoms with Crippen molar-refractivity contribution in [2.75, 3.05) is 37.4 Å². The molecule has 0 saturated carbocycles. The quantitative estimate of drug-likeness (QED) is 0.296. The second-order valence-electron chi connectivity index (χ2n) is 14.6. The second-order valence-corrected chi connectivity index (χ2v) is 14.6. The Bertz CT molecular complexity index is 1600. The molecule has 1 amide bonds. The number of anilines is 2. The third-order valence-corrected chi connectivity index (χ3v) is 9.13. The number of carbonyl (C=O) groups is 1. The first kappa shape index (κ1) is 31.5. The normalized spacial score (nSPS) is 19.9. The number of amides is 1. The highest BCUT2D eigenvalue weighted by Crippen LogP contribution is 2.45. The molecule has 0 spiro atoms. The minimum atomic E-state index is -0.583. The zero-order valence-corrected chi connectivity index (χ0v) is 28.0. The zero-order valence-electron chi connectivity index (χ0n) is 28.0. The molecule has 0 bridgehead atoms. The van der Waals surface area contributed by atoms with Gasteiger partial charge in [0.05, 0.1) is 35.7 Å². The fraction of sp³-hybridized carbons (Fsp3) is 0.514.